The monoisotopic (exact) mass is 265 g/mol. The Morgan fingerprint density at radius 2 is 2.05 bits per heavy atom. The summed E-state index contributed by atoms with van der Waals surface area (Å²) in [6, 6.07) is 3.32. The van der Waals surface area contributed by atoms with Gasteiger partial charge < -0.3 is 15.2 Å². The highest BCUT2D eigenvalue weighted by Gasteiger charge is 2.18. The predicted molar refractivity (Wildman–Crippen MR) is 70.3 cm³/mol. The van der Waals surface area contributed by atoms with E-state index in [1.54, 1.807) is 19.2 Å². The summed E-state index contributed by atoms with van der Waals surface area (Å²) in [7, 11) is 4.70. The highest BCUT2D eigenvalue weighted by Crippen LogP contribution is 2.33. The van der Waals surface area contributed by atoms with Crippen molar-refractivity contribution in [1.82, 2.24) is 9.78 Å². The Hall–Kier alpha value is -2.08. The van der Waals surface area contributed by atoms with E-state index in [2.05, 4.69) is 5.10 Å². The normalized spacial score (nSPS) is 10.7. The molecule has 2 N–H and O–H groups in total. The van der Waals surface area contributed by atoms with Gasteiger partial charge in [0.25, 0.3) is 0 Å². The maximum Gasteiger partial charge on any atom is 0.140 e. The Bertz CT molecular complexity index is 596. The molecule has 0 bridgehead atoms. The van der Waals surface area contributed by atoms with Crippen molar-refractivity contribution in [3.8, 4) is 16.9 Å². The molecule has 0 aliphatic heterocycles. The molecule has 0 fully saturated rings. The standard InChI is InChI=1S/C13H16FN3O2/c1-17-13(15)9(6-16-17)8-4-5-11(19-3)10(7-18-2)12(8)14/h4-6H,7,15H2,1-3H3. The molecule has 0 saturated heterocycles. The molecule has 1 heterocycles. The SMILES string of the molecule is COCc1c(OC)ccc(-c2cnn(C)c2N)c1F. The summed E-state index contributed by atoms with van der Waals surface area (Å²) in [6.45, 7) is 0.128. The maximum absolute atomic E-state index is 14.5. The van der Waals surface area contributed by atoms with Crippen molar-refractivity contribution < 1.29 is 13.9 Å². The number of aromatic nitrogens is 2. The number of nitrogens with zero attached hydrogens (tertiary/aromatic N) is 2. The zero-order chi connectivity index (χ0) is 14.0. The molecule has 1 aromatic heterocycles. The average molecular weight is 265 g/mol. The van der Waals surface area contributed by atoms with Gasteiger partial charge in [-0.25, -0.2) is 4.39 Å². The van der Waals surface area contributed by atoms with Gasteiger partial charge in [-0.15, -0.1) is 0 Å². The summed E-state index contributed by atoms with van der Waals surface area (Å²) in [4.78, 5) is 0. The van der Waals surface area contributed by atoms with Gasteiger partial charge in [-0.3, -0.25) is 4.68 Å². The molecule has 0 saturated carbocycles. The molecule has 0 aliphatic rings. The average Bonchev–Trinajstić information content (AvgIpc) is 2.73. The number of aryl methyl sites for hydroxylation is 1. The summed E-state index contributed by atoms with van der Waals surface area (Å²) < 4.78 is 26.2. The van der Waals surface area contributed by atoms with Crippen LogP contribution in [0.3, 0.4) is 0 Å². The highest BCUT2D eigenvalue weighted by molar-refractivity contribution is 5.75. The van der Waals surface area contributed by atoms with Gasteiger partial charge in [0.2, 0.25) is 0 Å². The van der Waals surface area contributed by atoms with Gasteiger partial charge in [0.15, 0.2) is 0 Å². The van der Waals surface area contributed by atoms with E-state index in [4.69, 9.17) is 15.2 Å². The molecule has 0 aliphatic carbocycles. The van der Waals surface area contributed by atoms with E-state index in [1.807, 2.05) is 0 Å². The van der Waals surface area contributed by atoms with Gasteiger partial charge in [-0.2, -0.15) is 5.10 Å². The first-order chi connectivity index (χ1) is 9.10. The lowest BCUT2D eigenvalue weighted by Gasteiger charge is -2.12. The Morgan fingerprint density at radius 1 is 1.32 bits per heavy atom. The number of ether oxygens (including phenoxy) is 2. The van der Waals surface area contributed by atoms with Crippen molar-refractivity contribution in [3.05, 3.63) is 29.7 Å². The van der Waals surface area contributed by atoms with Gasteiger partial charge in [-0.05, 0) is 12.1 Å². The maximum atomic E-state index is 14.5. The molecule has 0 radical (unpaired) electrons. The molecule has 1 aromatic carbocycles. The third-order valence-electron chi connectivity index (χ3n) is 2.98. The van der Waals surface area contributed by atoms with Crippen LogP contribution in [-0.4, -0.2) is 24.0 Å². The third-order valence-corrected chi connectivity index (χ3v) is 2.98. The largest absolute Gasteiger partial charge is 0.496 e. The quantitative estimate of drug-likeness (QED) is 0.918. The van der Waals surface area contributed by atoms with Crippen molar-refractivity contribution in [2.24, 2.45) is 7.05 Å². The van der Waals surface area contributed by atoms with Crippen molar-refractivity contribution >= 4 is 5.82 Å². The number of nitrogens with two attached hydrogens (primary N) is 1. The molecule has 2 rings (SSSR count). The van der Waals surface area contributed by atoms with E-state index >= 15 is 0 Å². The predicted octanol–water partition coefficient (Wildman–Crippen LogP) is 1.96. The lowest BCUT2D eigenvalue weighted by molar-refractivity contribution is 0.178. The van der Waals surface area contributed by atoms with Crippen LogP contribution in [0.5, 0.6) is 5.75 Å². The molecular formula is C13H16FN3O2. The number of halogens is 1. The van der Waals surface area contributed by atoms with Gasteiger partial charge in [0.1, 0.15) is 17.4 Å². The Balaban J connectivity index is 2.59. The Kier molecular flexibility index (Phi) is 3.71. The minimum absolute atomic E-state index is 0.128. The number of benzene rings is 1. The summed E-state index contributed by atoms with van der Waals surface area (Å²) in [5.74, 6) is 0.457. The lowest BCUT2D eigenvalue weighted by Crippen LogP contribution is -2.02. The zero-order valence-electron chi connectivity index (χ0n) is 11.1. The van der Waals surface area contributed by atoms with Crippen LogP contribution in [0.1, 0.15) is 5.56 Å². The zero-order valence-corrected chi connectivity index (χ0v) is 11.1. The number of methoxy groups -OCH3 is 2. The van der Waals surface area contributed by atoms with E-state index in [0.717, 1.165) is 0 Å². The van der Waals surface area contributed by atoms with Crippen molar-refractivity contribution in [1.29, 1.82) is 0 Å². The van der Waals surface area contributed by atoms with Crippen LogP contribution in [-0.2, 0) is 18.4 Å². The Labute approximate surface area is 110 Å². The fourth-order valence-corrected chi connectivity index (χ4v) is 1.94. The lowest BCUT2D eigenvalue weighted by atomic mass is 10.0. The summed E-state index contributed by atoms with van der Waals surface area (Å²) >= 11 is 0. The number of rotatable bonds is 4. The van der Waals surface area contributed by atoms with Crippen LogP contribution < -0.4 is 10.5 Å². The molecule has 0 spiro atoms. The van der Waals surface area contributed by atoms with Crippen LogP contribution in [0.4, 0.5) is 10.2 Å². The van der Waals surface area contributed by atoms with Gasteiger partial charge in [-0.1, -0.05) is 0 Å². The summed E-state index contributed by atoms with van der Waals surface area (Å²) in [5, 5.41) is 4.01. The fraction of sp³-hybridized carbons (Fsp3) is 0.308. The van der Waals surface area contributed by atoms with Crippen molar-refractivity contribution in [2.45, 2.75) is 6.61 Å². The van der Waals surface area contributed by atoms with E-state index in [0.29, 0.717) is 28.3 Å². The summed E-state index contributed by atoms with van der Waals surface area (Å²) in [5.41, 5.74) is 7.18. The second kappa shape index (κ2) is 5.27. The van der Waals surface area contributed by atoms with Crippen molar-refractivity contribution in [2.75, 3.05) is 20.0 Å². The van der Waals surface area contributed by atoms with Crippen LogP contribution in [0, 0.1) is 5.82 Å². The molecule has 2 aromatic rings. The second-order valence-electron chi connectivity index (χ2n) is 4.11. The van der Waals surface area contributed by atoms with E-state index in [1.165, 1.54) is 25.1 Å². The van der Waals surface area contributed by atoms with E-state index in [9.17, 15) is 4.39 Å². The highest BCUT2D eigenvalue weighted by atomic mass is 19.1. The van der Waals surface area contributed by atoms with Crippen LogP contribution >= 0.6 is 0 Å². The molecule has 0 atom stereocenters. The molecule has 19 heavy (non-hydrogen) atoms. The van der Waals surface area contributed by atoms with Gasteiger partial charge >= 0.3 is 0 Å². The van der Waals surface area contributed by atoms with Gasteiger partial charge in [0, 0.05) is 25.3 Å². The topological polar surface area (TPSA) is 62.3 Å². The number of hydrogen-bond acceptors (Lipinski definition) is 4. The number of hydrogen-bond donors (Lipinski definition) is 1. The van der Waals surface area contributed by atoms with E-state index in [-0.39, 0.29) is 6.61 Å². The molecular weight excluding hydrogens is 249 g/mol. The first-order valence-corrected chi connectivity index (χ1v) is 5.72. The third kappa shape index (κ3) is 2.26. The Morgan fingerprint density at radius 3 is 2.58 bits per heavy atom. The first kappa shape index (κ1) is 13.4. The van der Waals surface area contributed by atoms with Crippen LogP contribution in [0.2, 0.25) is 0 Å². The molecule has 5 nitrogen and oxygen atoms in total. The minimum Gasteiger partial charge on any atom is -0.496 e. The fourth-order valence-electron chi connectivity index (χ4n) is 1.94. The van der Waals surface area contributed by atoms with Crippen LogP contribution in [0.25, 0.3) is 11.1 Å². The first-order valence-electron chi connectivity index (χ1n) is 5.72. The molecule has 6 heteroatoms. The van der Waals surface area contributed by atoms with E-state index < -0.39 is 5.82 Å². The summed E-state index contributed by atoms with van der Waals surface area (Å²) in [6.07, 6.45) is 1.54. The number of anilines is 1. The van der Waals surface area contributed by atoms with Gasteiger partial charge in [0.05, 0.1) is 25.5 Å². The number of nitrogen functional groups attached to an aromatic ring is 1. The molecule has 0 amide bonds. The minimum atomic E-state index is -0.402. The smallest absolute Gasteiger partial charge is 0.140 e. The second-order valence-corrected chi connectivity index (χ2v) is 4.11. The molecule has 0 unspecified atom stereocenters. The van der Waals surface area contributed by atoms with Crippen LogP contribution in [0.15, 0.2) is 18.3 Å². The molecule has 102 valence electrons. The van der Waals surface area contributed by atoms with Crippen molar-refractivity contribution in [3.63, 3.8) is 0 Å².